The predicted octanol–water partition coefficient (Wildman–Crippen LogP) is 4.77. The molecule has 0 saturated carbocycles. The number of unbranched alkanes of at least 4 members (excludes halogenated alkanes) is 4. The number of hydrogen-bond acceptors (Lipinski definition) is 3. The first-order valence-corrected chi connectivity index (χ1v) is 9.50. The maximum Gasteiger partial charge on any atom is 0.181 e. The molecule has 0 bridgehead atoms. The molecule has 3 rings (SSSR count). The third-order valence-electron chi connectivity index (χ3n) is 4.56. The van der Waals surface area contributed by atoms with Gasteiger partial charge in [-0.25, -0.2) is 15.0 Å². The molecular formula is C21H27N4. The maximum atomic E-state index is 4.55. The smallest absolute Gasteiger partial charge is 0.181 e. The fourth-order valence-electron chi connectivity index (χ4n) is 3.06. The Balaban J connectivity index is 1.42. The molecule has 0 fully saturated rings. The normalized spacial score (nSPS) is 11.2. The molecule has 131 valence electrons. The summed E-state index contributed by atoms with van der Waals surface area (Å²) in [5.74, 6) is 0.862. The van der Waals surface area contributed by atoms with Gasteiger partial charge in [0.2, 0.25) is 0 Å². The van der Waals surface area contributed by atoms with Crippen LogP contribution in [0.4, 0.5) is 0 Å². The number of aryl methyl sites for hydroxylation is 3. The average molecular weight is 335 g/mol. The molecule has 3 aromatic rings. The molecular weight excluding hydrogens is 308 g/mol. The standard InChI is InChI=1S/C21H27N4/c1-2-3-14-20-22-16-19-21(24-20)23-17-25(19)15-10-5-4-7-11-18-12-8-6-9-13-18/h6,8-9,12-13,17H,2-5,7,10-11,14-15H2,1H3. The fraction of sp³-hybridized carbons (Fsp3) is 0.476. The quantitative estimate of drug-likeness (QED) is 0.501. The van der Waals surface area contributed by atoms with Crippen molar-refractivity contribution in [3.05, 3.63) is 54.2 Å². The number of aromatic nitrogens is 4. The van der Waals surface area contributed by atoms with Gasteiger partial charge in [-0.2, -0.15) is 0 Å². The van der Waals surface area contributed by atoms with Crippen molar-refractivity contribution in [3.63, 3.8) is 0 Å². The minimum atomic E-state index is 0.783. The highest BCUT2D eigenvalue weighted by atomic mass is 15.1. The van der Waals surface area contributed by atoms with Crippen molar-refractivity contribution in [2.75, 3.05) is 0 Å². The Morgan fingerprint density at radius 1 is 0.960 bits per heavy atom. The number of rotatable bonds is 10. The monoisotopic (exact) mass is 335 g/mol. The SMILES string of the molecule is CCCCc1n[c]c2c(ncn2CCCCCCc2ccccc2)n1. The van der Waals surface area contributed by atoms with Crippen LogP contribution >= 0.6 is 0 Å². The molecule has 4 nitrogen and oxygen atoms in total. The molecule has 0 amide bonds. The lowest BCUT2D eigenvalue weighted by Gasteiger charge is -2.05. The van der Waals surface area contributed by atoms with Crippen LogP contribution in [0.3, 0.4) is 0 Å². The Bertz CT molecular complexity index is 764. The first-order valence-electron chi connectivity index (χ1n) is 9.50. The van der Waals surface area contributed by atoms with Crippen LogP contribution in [-0.4, -0.2) is 19.5 Å². The first kappa shape index (κ1) is 17.6. The first-order chi connectivity index (χ1) is 12.4. The zero-order valence-electron chi connectivity index (χ0n) is 15.1. The Kier molecular flexibility index (Phi) is 6.55. The van der Waals surface area contributed by atoms with Gasteiger partial charge in [0.1, 0.15) is 17.5 Å². The lowest BCUT2D eigenvalue weighted by molar-refractivity contribution is 0.579. The number of fused-ring (bicyclic) bond motifs is 1. The van der Waals surface area contributed by atoms with Crippen molar-refractivity contribution in [1.29, 1.82) is 0 Å². The zero-order valence-corrected chi connectivity index (χ0v) is 15.1. The minimum absolute atomic E-state index is 0.783. The van der Waals surface area contributed by atoms with Crippen LogP contribution in [0.1, 0.15) is 56.8 Å². The van der Waals surface area contributed by atoms with Crippen LogP contribution in [-0.2, 0) is 19.4 Å². The van der Waals surface area contributed by atoms with E-state index >= 15 is 0 Å². The molecule has 0 unspecified atom stereocenters. The van der Waals surface area contributed by atoms with Crippen molar-refractivity contribution in [1.82, 2.24) is 19.5 Å². The average Bonchev–Trinajstić information content (AvgIpc) is 3.06. The topological polar surface area (TPSA) is 43.6 Å². The van der Waals surface area contributed by atoms with Crippen LogP contribution in [0.5, 0.6) is 0 Å². The van der Waals surface area contributed by atoms with Gasteiger partial charge in [-0.3, -0.25) is 0 Å². The summed E-state index contributed by atoms with van der Waals surface area (Å²) in [7, 11) is 0. The van der Waals surface area contributed by atoms with E-state index in [0.29, 0.717) is 0 Å². The summed E-state index contributed by atoms with van der Waals surface area (Å²) in [6.45, 7) is 3.15. The molecule has 0 N–H and O–H groups in total. The summed E-state index contributed by atoms with van der Waals surface area (Å²) in [5.41, 5.74) is 3.16. The molecule has 0 aliphatic heterocycles. The van der Waals surface area contributed by atoms with Crippen molar-refractivity contribution < 1.29 is 0 Å². The lowest BCUT2D eigenvalue weighted by atomic mass is 10.1. The van der Waals surface area contributed by atoms with Gasteiger partial charge in [-0.15, -0.1) is 0 Å². The number of benzene rings is 1. The van der Waals surface area contributed by atoms with Gasteiger partial charge in [-0.1, -0.05) is 56.5 Å². The summed E-state index contributed by atoms with van der Waals surface area (Å²) in [6.07, 6.45) is 14.3. The number of imidazole rings is 1. The van der Waals surface area contributed by atoms with Crippen LogP contribution in [0.25, 0.3) is 11.2 Å². The van der Waals surface area contributed by atoms with Crippen molar-refractivity contribution in [3.8, 4) is 0 Å². The third-order valence-corrected chi connectivity index (χ3v) is 4.56. The lowest BCUT2D eigenvalue weighted by Crippen LogP contribution is -1.99. The summed E-state index contributed by atoms with van der Waals surface area (Å²) in [4.78, 5) is 13.3. The van der Waals surface area contributed by atoms with Gasteiger partial charge >= 0.3 is 0 Å². The second-order valence-electron chi connectivity index (χ2n) is 6.62. The molecule has 0 aliphatic rings. The molecule has 4 heteroatoms. The maximum absolute atomic E-state index is 4.55. The van der Waals surface area contributed by atoms with Crippen molar-refractivity contribution in [2.45, 2.75) is 64.8 Å². The van der Waals surface area contributed by atoms with E-state index in [0.717, 1.165) is 49.2 Å². The summed E-state index contributed by atoms with van der Waals surface area (Å²) < 4.78 is 2.14. The van der Waals surface area contributed by atoms with E-state index in [1.54, 1.807) is 0 Å². The summed E-state index contributed by atoms with van der Waals surface area (Å²) in [6, 6.07) is 10.7. The van der Waals surface area contributed by atoms with E-state index in [1.807, 2.05) is 6.33 Å². The van der Waals surface area contributed by atoms with E-state index in [9.17, 15) is 0 Å². The van der Waals surface area contributed by atoms with E-state index in [2.05, 4.69) is 63.0 Å². The predicted molar refractivity (Wildman–Crippen MR) is 101 cm³/mol. The third kappa shape index (κ3) is 5.12. The molecule has 2 heterocycles. The van der Waals surface area contributed by atoms with E-state index in [4.69, 9.17) is 0 Å². The van der Waals surface area contributed by atoms with Crippen LogP contribution in [0, 0.1) is 6.20 Å². The number of nitrogens with zero attached hydrogens (tertiary/aromatic N) is 4. The fourth-order valence-corrected chi connectivity index (χ4v) is 3.06. The second kappa shape index (κ2) is 9.30. The molecule has 0 spiro atoms. The van der Waals surface area contributed by atoms with Crippen LogP contribution in [0.2, 0.25) is 0 Å². The summed E-state index contributed by atoms with van der Waals surface area (Å²) >= 11 is 0. The van der Waals surface area contributed by atoms with Gasteiger partial charge < -0.3 is 4.57 Å². The molecule has 0 saturated heterocycles. The highest BCUT2D eigenvalue weighted by molar-refractivity contribution is 5.68. The molecule has 25 heavy (non-hydrogen) atoms. The van der Waals surface area contributed by atoms with Crippen LogP contribution < -0.4 is 0 Å². The van der Waals surface area contributed by atoms with Gasteiger partial charge in [0.25, 0.3) is 0 Å². The van der Waals surface area contributed by atoms with Crippen LogP contribution in [0.15, 0.2) is 36.7 Å². The Hall–Kier alpha value is -2.23. The Labute approximate surface area is 150 Å². The van der Waals surface area contributed by atoms with Crippen molar-refractivity contribution >= 4 is 11.2 Å². The zero-order chi connectivity index (χ0) is 17.3. The molecule has 0 atom stereocenters. The molecule has 1 aromatic carbocycles. The second-order valence-corrected chi connectivity index (χ2v) is 6.62. The van der Waals surface area contributed by atoms with Crippen molar-refractivity contribution in [2.24, 2.45) is 0 Å². The van der Waals surface area contributed by atoms with Gasteiger partial charge in [0.05, 0.1) is 6.33 Å². The van der Waals surface area contributed by atoms with E-state index < -0.39 is 0 Å². The largest absolute Gasteiger partial charge is 0.327 e. The van der Waals surface area contributed by atoms with Gasteiger partial charge in [-0.05, 0) is 31.2 Å². The van der Waals surface area contributed by atoms with Gasteiger partial charge in [0.15, 0.2) is 5.65 Å². The molecule has 1 radical (unpaired) electrons. The molecule has 2 aromatic heterocycles. The van der Waals surface area contributed by atoms with Gasteiger partial charge in [0, 0.05) is 13.0 Å². The highest BCUT2D eigenvalue weighted by Gasteiger charge is 2.06. The van der Waals surface area contributed by atoms with E-state index in [-0.39, 0.29) is 0 Å². The highest BCUT2D eigenvalue weighted by Crippen LogP contribution is 2.13. The van der Waals surface area contributed by atoms with E-state index in [1.165, 1.54) is 31.2 Å². The minimum Gasteiger partial charge on any atom is -0.327 e. The Morgan fingerprint density at radius 2 is 1.80 bits per heavy atom. The Morgan fingerprint density at radius 3 is 2.64 bits per heavy atom. The number of hydrogen-bond donors (Lipinski definition) is 0. The summed E-state index contributed by atoms with van der Waals surface area (Å²) in [5, 5.41) is 0. The molecule has 0 aliphatic carbocycles.